The molecule has 0 spiro atoms. The molecule has 5 rings (SSSR count). The highest BCUT2D eigenvalue weighted by molar-refractivity contribution is 6.00. The average Bonchev–Trinajstić information content (AvgIpc) is 3.34. The molecule has 4 aromatic rings. The van der Waals surface area contributed by atoms with E-state index in [1.54, 1.807) is 17.8 Å². The van der Waals surface area contributed by atoms with Crippen molar-refractivity contribution in [3.8, 4) is 22.4 Å². The first-order chi connectivity index (χ1) is 17.5. The summed E-state index contributed by atoms with van der Waals surface area (Å²) in [5, 5.41) is 14.5. The molecule has 186 valence electrons. The predicted octanol–water partition coefficient (Wildman–Crippen LogP) is 4.53. The van der Waals surface area contributed by atoms with Crippen LogP contribution in [0.15, 0.2) is 54.9 Å². The van der Waals surface area contributed by atoms with Gasteiger partial charge >= 0.3 is 0 Å². The number of aromatic nitrogens is 4. The third kappa shape index (κ3) is 4.27. The lowest BCUT2D eigenvalue weighted by molar-refractivity contribution is -0.00124. The van der Waals surface area contributed by atoms with Crippen molar-refractivity contribution in [2.24, 2.45) is 5.41 Å². The Morgan fingerprint density at radius 2 is 1.89 bits per heavy atom. The summed E-state index contributed by atoms with van der Waals surface area (Å²) >= 11 is 0. The first-order valence-electron chi connectivity index (χ1n) is 12.3. The molecule has 0 aliphatic heterocycles. The van der Waals surface area contributed by atoms with Crippen LogP contribution < -0.4 is 5.73 Å². The standard InChI is InChI=1S/C28H31N5O3/c1-18(35)24-25(20-10-12-28(16-34,13-11-20)17-36-2)32-27-22(15-31-33(27)26(24)29)21-8-9-23(30-14-21)19-6-4-3-5-7-19/h3-9,14-15,20,34H,10-13,16-17,29H2,1-2H3. The highest BCUT2D eigenvalue weighted by Gasteiger charge is 2.37. The van der Waals surface area contributed by atoms with Crippen LogP contribution in [0.25, 0.3) is 28.0 Å². The van der Waals surface area contributed by atoms with Crippen LogP contribution in [0.5, 0.6) is 0 Å². The van der Waals surface area contributed by atoms with Crippen molar-refractivity contribution >= 4 is 17.2 Å². The summed E-state index contributed by atoms with van der Waals surface area (Å²) in [6, 6.07) is 14.0. The van der Waals surface area contributed by atoms with Crippen LogP contribution in [-0.4, -0.2) is 50.8 Å². The van der Waals surface area contributed by atoms with Crippen LogP contribution in [0.1, 0.15) is 54.6 Å². The SMILES string of the molecule is COCC1(CO)CCC(c2nc3c(-c4ccc(-c5ccccc5)nc4)cnn3c(N)c2C(C)=O)CC1. The number of fused-ring (bicyclic) bond motifs is 1. The molecular weight excluding hydrogens is 454 g/mol. The minimum atomic E-state index is -0.245. The van der Waals surface area contributed by atoms with Crippen LogP contribution in [0.2, 0.25) is 0 Å². The fourth-order valence-corrected chi connectivity index (χ4v) is 5.38. The molecule has 0 saturated heterocycles. The number of anilines is 1. The Hall–Kier alpha value is -3.62. The van der Waals surface area contributed by atoms with E-state index >= 15 is 0 Å². The number of ether oxygens (including phenoxy) is 1. The van der Waals surface area contributed by atoms with Gasteiger partial charge in [-0.25, -0.2) is 4.98 Å². The largest absolute Gasteiger partial charge is 0.396 e. The van der Waals surface area contributed by atoms with Crippen molar-refractivity contribution < 1.29 is 14.6 Å². The molecule has 3 heterocycles. The van der Waals surface area contributed by atoms with Crippen LogP contribution in [0.3, 0.4) is 0 Å². The molecule has 3 N–H and O–H groups in total. The minimum Gasteiger partial charge on any atom is -0.396 e. The van der Waals surface area contributed by atoms with E-state index in [4.69, 9.17) is 15.5 Å². The summed E-state index contributed by atoms with van der Waals surface area (Å²) in [4.78, 5) is 22.3. The maximum Gasteiger partial charge on any atom is 0.165 e. The van der Waals surface area contributed by atoms with Gasteiger partial charge in [-0.3, -0.25) is 9.78 Å². The second kappa shape index (κ2) is 9.79. The van der Waals surface area contributed by atoms with Crippen LogP contribution in [0, 0.1) is 5.41 Å². The number of carbonyl (C=O) groups excluding carboxylic acids is 1. The number of rotatable bonds is 7. The van der Waals surface area contributed by atoms with Gasteiger partial charge in [0.05, 0.1) is 36.4 Å². The zero-order chi connectivity index (χ0) is 25.3. The Bertz CT molecular complexity index is 1370. The molecule has 0 unspecified atom stereocenters. The first-order valence-corrected chi connectivity index (χ1v) is 12.3. The molecule has 8 heteroatoms. The maximum absolute atomic E-state index is 12.7. The molecule has 0 atom stereocenters. The number of carbonyl (C=O) groups is 1. The lowest BCUT2D eigenvalue weighted by atomic mass is 9.70. The van der Waals surface area contributed by atoms with Crippen molar-refractivity contribution in [1.29, 1.82) is 0 Å². The second-order valence-corrected chi connectivity index (χ2v) is 9.77. The van der Waals surface area contributed by atoms with Gasteiger partial charge in [0, 0.05) is 41.3 Å². The number of ketones is 1. The number of aliphatic hydroxyl groups excluding tert-OH is 1. The van der Waals surface area contributed by atoms with Crippen LogP contribution in [0.4, 0.5) is 5.82 Å². The van der Waals surface area contributed by atoms with Gasteiger partial charge < -0.3 is 15.6 Å². The number of hydrogen-bond acceptors (Lipinski definition) is 7. The van der Waals surface area contributed by atoms with Gasteiger partial charge in [-0.2, -0.15) is 9.61 Å². The molecule has 0 amide bonds. The molecule has 0 bridgehead atoms. The number of nitrogens with zero attached hydrogens (tertiary/aromatic N) is 4. The summed E-state index contributed by atoms with van der Waals surface area (Å²) in [5.74, 6) is 0.242. The zero-order valence-electron chi connectivity index (χ0n) is 20.6. The summed E-state index contributed by atoms with van der Waals surface area (Å²) in [5.41, 5.74) is 11.6. The number of benzene rings is 1. The zero-order valence-corrected chi connectivity index (χ0v) is 20.6. The fraction of sp³-hybridized carbons (Fsp3) is 0.357. The van der Waals surface area contributed by atoms with E-state index in [9.17, 15) is 9.90 Å². The smallest absolute Gasteiger partial charge is 0.165 e. The molecule has 8 nitrogen and oxygen atoms in total. The molecule has 3 aromatic heterocycles. The molecule has 1 aliphatic rings. The number of nitrogen functional groups attached to an aromatic ring is 1. The second-order valence-electron chi connectivity index (χ2n) is 9.77. The number of nitrogens with two attached hydrogens (primary N) is 1. The molecule has 1 fully saturated rings. The van der Waals surface area contributed by atoms with E-state index in [0.717, 1.165) is 48.1 Å². The Morgan fingerprint density at radius 3 is 2.50 bits per heavy atom. The van der Waals surface area contributed by atoms with E-state index in [2.05, 4.69) is 10.1 Å². The van der Waals surface area contributed by atoms with Crippen LogP contribution in [-0.2, 0) is 4.74 Å². The lowest BCUT2D eigenvalue weighted by Crippen LogP contribution is -2.35. The highest BCUT2D eigenvalue weighted by Crippen LogP contribution is 2.44. The summed E-state index contributed by atoms with van der Waals surface area (Å²) in [6.45, 7) is 2.12. The topological polar surface area (TPSA) is 116 Å². The van der Waals surface area contributed by atoms with Crippen molar-refractivity contribution in [2.45, 2.75) is 38.5 Å². The third-order valence-electron chi connectivity index (χ3n) is 7.43. The van der Waals surface area contributed by atoms with Gasteiger partial charge in [-0.15, -0.1) is 0 Å². The van der Waals surface area contributed by atoms with Crippen LogP contribution >= 0.6 is 0 Å². The van der Waals surface area contributed by atoms with Crippen molar-refractivity contribution in [1.82, 2.24) is 19.6 Å². The highest BCUT2D eigenvalue weighted by atomic mass is 16.5. The van der Waals surface area contributed by atoms with Gasteiger partial charge in [0.1, 0.15) is 5.82 Å². The number of methoxy groups -OCH3 is 1. The Balaban J connectivity index is 1.54. The Labute approximate surface area is 210 Å². The summed E-state index contributed by atoms with van der Waals surface area (Å²) < 4.78 is 6.93. The van der Waals surface area contributed by atoms with Crippen molar-refractivity contribution in [3.63, 3.8) is 0 Å². The monoisotopic (exact) mass is 485 g/mol. The van der Waals surface area contributed by atoms with Gasteiger partial charge in [-0.1, -0.05) is 36.4 Å². The van der Waals surface area contributed by atoms with Gasteiger partial charge in [0.2, 0.25) is 0 Å². The lowest BCUT2D eigenvalue weighted by Gasteiger charge is -2.38. The normalized spacial score (nSPS) is 20.0. The maximum atomic E-state index is 12.7. The number of pyridine rings is 1. The molecule has 1 saturated carbocycles. The molecule has 1 aliphatic carbocycles. The molecular formula is C28H31N5O3. The first kappa shape index (κ1) is 24.1. The number of Topliss-reactive ketones (excluding diaryl/α,β-unsaturated/α-hetero) is 1. The minimum absolute atomic E-state index is 0.0639. The van der Waals surface area contributed by atoms with E-state index in [-0.39, 0.29) is 23.7 Å². The Kier molecular flexibility index (Phi) is 6.55. The Morgan fingerprint density at radius 1 is 1.14 bits per heavy atom. The van der Waals surface area contributed by atoms with Crippen molar-refractivity contribution in [3.05, 3.63) is 66.1 Å². The summed E-state index contributed by atoms with van der Waals surface area (Å²) in [6.07, 6.45) is 6.72. The molecule has 1 aromatic carbocycles. The number of aliphatic hydroxyl groups is 1. The van der Waals surface area contributed by atoms with E-state index in [1.165, 1.54) is 6.92 Å². The molecule has 36 heavy (non-hydrogen) atoms. The van der Waals surface area contributed by atoms with Gasteiger partial charge in [0.15, 0.2) is 11.4 Å². The predicted molar refractivity (Wildman–Crippen MR) is 139 cm³/mol. The van der Waals surface area contributed by atoms with E-state index < -0.39 is 0 Å². The third-order valence-corrected chi connectivity index (χ3v) is 7.43. The van der Waals surface area contributed by atoms with Gasteiger partial charge in [0.25, 0.3) is 0 Å². The van der Waals surface area contributed by atoms with E-state index in [0.29, 0.717) is 29.3 Å². The quantitative estimate of drug-likeness (QED) is 0.370. The summed E-state index contributed by atoms with van der Waals surface area (Å²) in [7, 11) is 1.66. The molecule has 0 radical (unpaired) electrons. The average molecular weight is 486 g/mol. The van der Waals surface area contributed by atoms with E-state index in [1.807, 2.05) is 48.7 Å². The van der Waals surface area contributed by atoms with Crippen molar-refractivity contribution in [2.75, 3.05) is 26.1 Å². The fourth-order valence-electron chi connectivity index (χ4n) is 5.38. The number of hydrogen-bond donors (Lipinski definition) is 2. The van der Waals surface area contributed by atoms with Gasteiger partial charge in [-0.05, 0) is 38.7 Å².